The van der Waals surface area contributed by atoms with E-state index in [0.717, 1.165) is 33.1 Å². The highest BCUT2D eigenvalue weighted by atomic mass is 32.1. The summed E-state index contributed by atoms with van der Waals surface area (Å²) in [7, 11) is 5.06. The number of aromatic nitrogens is 1. The molecule has 0 N–H and O–H groups in total. The Hall–Kier alpha value is -2.86. The van der Waals surface area contributed by atoms with Crippen LogP contribution in [0.2, 0.25) is 0 Å². The van der Waals surface area contributed by atoms with E-state index in [1.54, 1.807) is 21.3 Å². The Morgan fingerprint density at radius 1 is 1.04 bits per heavy atom. The highest BCUT2D eigenvalue weighted by molar-refractivity contribution is 7.07. The number of rotatable bonds is 5. The van der Waals surface area contributed by atoms with Crippen molar-refractivity contribution in [3.63, 3.8) is 0 Å². The molecule has 2 aromatic carbocycles. The first-order chi connectivity index (χ1) is 13.1. The molecule has 0 aliphatic heterocycles. The molecule has 0 aliphatic rings. The third kappa shape index (κ3) is 3.95. The van der Waals surface area contributed by atoms with Crippen molar-refractivity contribution in [2.45, 2.75) is 13.8 Å². The summed E-state index contributed by atoms with van der Waals surface area (Å²) in [6, 6.07) is 12.1. The van der Waals surface area contributed by atoms with E-state index in [1.165, 1.54) is 22.5 Å². The van der Waals surface area contributed by atoms with Gasteiger partial charge >= 0.3 is 0 Å². The lowest BCUT2D eigenvalue weighted by atomic mass is 10.1. The molecule has 0 bridgehead atoms. The van der Waals surface area contributed by atoms with Crippen molar-refractivity contribution in [3.05, 3.63) is 63.3 Å². The molecule has 0 atom stereocenters. The summed E-state index contributed by atoms with van der Waals surface area (Å²) >= 11 is 1.54. The van der Waals surface area contributed by atoms with Crippen molar-refractivity contribution in [1.29, 1.82) is 0 Å². The monoisotopic (exact) mass is 381 g/mol. The number of methoxy groups -OCH3 is 2. The Kier molecular flexibility index (Phi) is 5.76. The smallest absolute Gasteiger partial charge is 0.205 e. The molecular weight excluding hydrogens is 358 g/mol. The minimum Gasteiger partial charge on any atom is -0.497 e. The summed E-state index contributed by atoms with van der Waals surface area (Å²) < 4.78 is 12.7. The largest absolute Gasteiger partial charge is 0.497 e. The fraction of sp³-hybridized carbons (Fsp3) is 0.238. The van der Waals surface area contributed by atoms with Crippen LogP contribution in [-0.4, -0.2) is 32.2 Å². The molecule has 27 heavy (non-hydrogen) atoms. The van der Waals surface area contributed by atoms with Crippen LogP contribution in [0.5, 0.6) is 11.5 Å². The number of hydrogen-bond donors (Lipinski definition) is 0. The van der Waals surface area contributed by atoms with E-state index in [-0.39, 0.29) is 0 Å². The quantitative estimate of drug-likeness (QED) is 0.620. The molecule has 0 saturated carbocycles. The second kappa shape index (κ2) is 8.22. The average molecular weight is 382 g/mol. The number of thiazole rings is 1. The lowest BCUT2D eigenvalue weighted by Crippen LogP contribution is -2.12. The van der Waals surface area contributed by atoms with Gasteiger partial charge < -0.3 is 9.47 Å². The fourth-order valence-corrected chi connectivity index (χ4v) is 3.64. The van der Waals surface area contributed by atoms with Crippen LogP contribution in [-0.2, 0) is 0 Å². The van der Waals surface area contributed by atoms with Crippen LogP contribution < -0.4 is 14.3 Å². The van der Waals surface area contributed by atoms with Gasteiger partial charge in [0.15, 0.2) is 0 Å². The van der Waals surface area contributed by atoms with Gasteiger partial charge in [-0.05, 0) is 37.1 Å². The fourth-order valence-electron chi connectivity index (χ4n) is 2.85. The van der Waals surface area contributed by atoms with Gasteiger partial charge in [-0.25, -0.2) is 4.68 Å². The second-order valence-electron chi connectivity index (χ2n) is 6.11. The molecule has 1 heterocycles. The van der Waals surface area contributed by atoms with E-state index < -0.39 is 0 Å². The predicted octanol–water partition coefficient (Wildman–Crippen LogP) is 4.26. The lowest BCUT2D eigenvalue weighted by Gasteiger charge is -2.11. The molecule has 140 valence electrons. The van der Waals surface area contributed by atoms with E-state index in [0.29, 0.717) is 0 Å². The van der Waals surface area contributed by atoms with E-state index in [9.17, 15) is 0 Å². The van der Waals surface area contributed by atoms with Crippen LogP contribution >= 0.6 is 11.3 Å². The number of benzene rings is 2. The maximum atomic E-state index is 5.56. The molecule has 0 fully saturated rings. The van der Waals surface area contributed by atoms with Crippen molar-refractivity contribution in [1.82, 2.24) is 4.68 Å². The van der Waals surface area contributed by atoms with Gasteiger partial charge in [0.05, 0.1) is 26.1 Å². The van der Waals surface area contributed by atoms with E-state index in [1.807, 2.05) is 34.5 Å². The number of hydrogen-bond acceptors (Lipinski definition) is 5. The third-order valence-electron chi connectivity index (χ3n) is 4.30. The minimum atomic E-state index is 0.727. The molecular formula is C21H23N3O2S. The molecule has 0 saturated heterocycles. The molecule has 6 heteroatoms. The van der Waals surface area contributed by atoms with Crippen LogP contribution in [0.15, 0.2) is 51.9 Å². The molecule has 0 amide bonds. The maximum absolute atomic E-state index is 5.56. The molecule has 0 radical (unpaired) electrons. The van der Waals surface area contributed by atoms with E-state index >= 15 is 0 Å². The molecule has 0 spiro atoms. The molecule has 5 nitrogen and oxygen atoms in total. The molecule has 1 aromatic heterocycles. The van der Waals surface area contributed by atoms with Gasteiger partial charge in [-0.15, -0.1) is 11.3 Å². The van der Waals surface area contributed by atoms with Gasteiger partial charge in [-0.2, -0.15) is 5.10 Å². The Morgan fingerprint density at radius 3 is 2.52 bits per heavy atom. The van der Waals surface area contributed by atoms with Crippen LogP contribution in [0.3, 0.4) is 0 Å². The predicted molar refractivity (Wildman–Crippen MR) is 111 cm³/mol. The molecule has 3 aromatic rings. The van der Waals surface area contributed by atoms with E-state index in [2.05, 4.69) is 37.0 Å². The topological polar surface area (TPSA) is 48.1 Å². The number of aryl methyl sites for hydroxylation is 2. The summed E-state index contributed by atoms with van der Waals surface area (Å²) in [6.07, 6.45) is 1.87. The van der Waals surface area contributed by atoms with Gasteiger partial charge in [0.2, 0.25) is 4.80 Å². The summed E-state index contributed by atoms with van der Waals surface area (Å²) in [5, 5.41) is 6.75. The van der Waals surface area contributed by atoms with Crippen molar-refractivity contribution < 1.29 is 9.47 Å². The summed E-state index contributed by atoms with van der Waals surface area (Å²) in [5.74, 6) is 1.47. The molecule has 0 unspecified atom stereocenters. The molecule has 0 aliphatic carbocycles. The maximum Gasteiger partial charge on any atom is 0.205 e. The minimum absolute atomic E-state index is 0.727. The highest BCUT2D eigenvalue weighted by Crippen LogP contribution is 2.33. The standard InChI is InChI=1S/C21H23N3O2S/c1-14-6-7-16(15(2)10-14)12-23-24-19(13-27-21(24)22-3)18-9-8-17(25-4)11-20(18)26-5/h6-13H,1-5H3. The van der Waals surface area contributed by atoms with Gasteiger partial charge in [0.1, 0.15) is 11.5 Å². The average Bonchev–Trinajstić information content (AvgIpc) is 3.09. The zero-order valence-electron chi connectivity index (χ0n) is 16.2. The second-order valence-corrected chi connectivity index (χ2v) is 6.95. The Morgan fingerprint density at radius 2 is 1.85 bits per heavy atom. The summed E-state index contributed by atoms with van der Waals surface area (Å²) in [6.45, 7) is 4.18. The van der Waals surface area contributed by atoms with Gasteiger partial charge in [0.25, 0.3) is 0 Å². The van der Waals surface area contributed by atoms with Crippen molar-refractivity contribution in [2.24, 2.45) is 10.1 Å². The highest BCUT2D eigenvalue weighted by Gasteiger charge is 2.13. The number of ether oxygens (including phenoxy) is 2. The SMILES string of the molecule is CN=c1scc(-c2ccc(OC)cc2OC)n1N=Cc1ccc(C)cc1C. The van der Waals surface area contributed by atoms with Gasteiger partial charge in [-0.3, -0.25) is 4.99 Å². The summed E-state index contributed by atoms with van der Waals surface area (Å²) in [4.78, 5) is 5.17. The third-order valence-corrected chi connectivity index (χ3v) is 5.21. The van der Waals surface area contributed by atoms with E-state index in [4.69, 9.17) is 14.6 Å². The van der Waals surface area contributed by atoms with Crippen molar-refractivity contribution >= 4 is 17.6 Å². The first-order valence-corrected chi connectivity index (χ1v) is 9.42. The normalized spacial score (nSPS) is 12.0. The van der Waals surface area contributed by atoms with Crippen LogP contribution in [0.4, 0.5) is 0 Å². The first-order valence-electron chi connectivity index (χ1n) is 8.54. The van der Waals surface area contributed by atoms with Crippen LogP contribution in [0, 0.1) is 13.8 Å². The van der Waals surface area contributed by atoms with Crippen molar-refractivity contribution in [3.8, 4) is 22.8 Å². The Bertz CT molecular complexity index is 1050. The Balaban J connectivity index is 2.10. The zero-order valence-corrected chi connectivity index (χ0v) is 17.0. The van der Waals surface area contributed by atoms with Crippen LogP contribution in [0.25, 0.3) is 11.3 Å². The number of nitrogens with zero attached hydrogens (tertiary/aromatic N) is 3. The Labute approximate surface area is 163 Å². The van der Waals surface area contributed by atoms with Crippen LogP contribution in [0.1, 0.15) is 16.7 Å². The van der Waals surface area contributed by atoms with Crippen molar-refractivity contribution in [2.75, 3.05) is 21.3 Å². The first kappa shape index (κ1) is 18.9. The van der Waals surface area contributed by atoms with Gasteiger partial charge in [0, 0.05) is 24.1 Å². The molecule has 3 rings (SSSR count). The van der Waals surface area contributed by atoms with Gasteiger partial charge in [-0.1, -0.05) is 23.8 Å². The zero-order chi connectivity index (χ0) is 19.4. The summed E-state index contributed by atoms with van der Waals surface area (Å²) in [5.41, 5.74) is 5.35. The lowest BCUT2D eigenvalue weighted by molar-refractivity contribution is 0.395.